The highest BCUT2D eigenvalue weighted by atomic mass is 35.5. The zero-order valence-corrected chi connectivity index (χ0v) is 10.8. The van der Waals surface area contributed by atoms with E-state index in [4.69, 9.17) is 46.3 Å². The molecule has 0 amide bonds. The summed E-state index contributed by atoms with van der Waals surface area (Å²) in [6.45, 7) is 0. The van der Waals surface area contributed by atoms with Crippen LogP contribution in [0.2, 0.25) is 15.1 Å². The molecule has 0 atom stereocenters. The van der Waals surface area contributed by atoms with E-state index in [2.05, 4.69) is 4.98 Å². The van der Waals surface area contributed by atoms with Crippen LogP contribution in [0.5, 0.6) is 0 Å². The van der Waals surface area contributed by atoms with E-state index >= 15 is 0 Å². The normalized spacial score (nSPS) is 10.5. The summed E-state index contributed by atoms with van der Waals surface area (Å²) in [7, 11) is 0. The first-order valence-electron chi connectivity index (χ1n) is 4.64. The van der Waals surface area contributed by atoms with E-state index in [0.717, 1.165) is 0 Å². The van der Waals surface area contributed by atoms with Gasteiger partial charge in [-0.3, -0.25) is 4.98 Å². The minimum absolute atomic E-state index is 0.385. The molecule has 6 heteroatoms. The second-order valence-electron chi connectivity index (χ2n) is 3.44. The van der Waals surface area contributed by atoms with Crippen molar-refractivity contribution in [1.82, 2.24) is 4.98 Å². The van der Waals surface area contributed by atoms with E-state index < -0.39 is 0 Å². The fourth-order valence-corrected chi connectivity index (χ4v) is 2.08. The van der Waals surface area contributed by atoms with Crippen LogP contribution in [-0.2, 0) is 0 Å². The molecule has 0 spiro atoms. The van der Waals surface area contributed by atoms with Crippen molar-refractivity contribution < 1.29 is 0 Å². The summed E-state index contributed by atoms with van der Waals surface area (Å²) in [5, 5.41) is 1.22. The standard InChI is InChI=1S/C11H8Cl3N3/c12-7-2-9(14)8(13)1-5(7)6-3-17-4-10(15)11(6)16/h1-4H,15H2,(H2,16,17). The lowest BCUT2D eigenvalue weighted by molar-refractivity contribution is 1.33. The minimum atomic E-state index is 0.385. The predicted molar refractivity (Wildman–Crippen MR) is 73.5 cm³/mol. The smallest absolute Gasteiger partial charge is 0.0740 e. The van der Waals surface area contributed by atoms with Gasteiger partial charge in [0.15, 0.2) is 0 Å². The lowest BCUT2D eigenvalue weighted by Gasteiger charge is -2.10. The topological polar surface area (TPSA) is 64.9 Å². The molecule has 0 aliphatic rings. The lowest BCUT2D eigenvalue weighted by Crippen LogP contribution is -1.98. The monoisotopic (exact) mass is 287 g/mol. The molecule has 0 aliphatic heterocycles. The number of hydrogen-bond donors (Lipinski definition) is 2. The Morgan fingerprint density at radius 1 is 0.824 bits per heavy atom. The number of anilines is 2. The predicted octanol–water partition coefficient (Wildman–Crippen LogP) is 3.87. The van der Waals surface area contributed by atoms with Crippen molar-refractivity contribution in [2.24, 2.45) is 0 Å². The van der Waals surface area contributed by atoms with Crippen LogP contribution in [0.15, 0.2) is 24.5 Å². The highest BCUT2D eigenvalue weighted by Crippen LogP contribution is 2.38. The van der Waals surface area contributed by atoms with Gasteiger partial charge < -0.3 is 11.5 Å². The molecule has 0 saturated heterocycles. The van der Waals surface area contributed by atoms with Crippen LogP contribution in [0.4, 0.5) is 11.4 Å². The molecule has 0 radical (unpaired) electrons. The van der Waals surface area contributed by atoms with Crippen molar-refractivity contribution in [1.29, 1.82) is 0 Å². The van der Waals surface area contributed by atoms with Crippen LogP contribution in [0.1, 0.15) is 0 Å². The molecule has 1 aromatic carbocycles. The van der Waals surface area contributed by atoms with Gasteiger partial charge in [-0.2, -0.15) is 0 Å². The third-order valence-corrected chi connectivity index (χ3v) is 3.35. The molecule has 1 aromatic heterocycles. The van der Waals surface area contributed by atoms with Crippen molar-refractivity contribution in [3.8, 4) is 11.1 Å². The molecule has 4 N–H and O–H groups in total. The first-order valence-corrected chi connectivity index (χ1v) is 5.78. The van der Waals surface area contributed by atoms with Gasteiger partial charge in [-0.25, -0.2) is 0 Å². The molecular weight excluding hydrogens is 281 g/mol. The van der Waals surface area contributed by atoms with Gasteiger partial charge in [-0.15, -0.1) is 0 Å². The Hall–Kier alpha value is -1.16. The van der Waals surface area contributed by atoms with Crippen LogP contribution in [-0.4, -0.2) is 4.98 Å². The maximum atomic E-state index is 6.09. The van der Waals surface area contributed by atoms with Gasteiger partial charge in [0.2, 0.25) is 0 Å². The molecule has 0 fully saturated rings. The van der Waals surface area contributed by atoms with E-state index in [1.54, 1.807) is 18.3 Å². The largest absolute Gasteiger partial charge is 0.396 e. The van der Waals surface area contributed by atoms with Crippen molar-refractivity contribution in [2.75, 3.05) is 11.5 Å². The van der Waals surface area contributed by atoms with E-state index in [9.17, 15) is 0 Å². The van der Waals surface area contributed by atoms with E-state index in [0.29, 0.717) is 37.6 Å². The Labute approximate surface area is 113 Å². The fourth-order valence-electron chi connectivity index (χ4n) is 1.43. The van der Waals surface area contributed by atoms with E-state index in [-0.39, 0.29) is 0 Å². The quantitative estimate of drug-likeness (QED) is 0.783. The molecular formula is C11H8Cl3N3. The maximum absolute atomic E-state index is 6.09. The van der Waals surface area contributed by atoms with Gasteiger partial charge in [0.05, 0.1) is 32.6 Å². The SMILES string of the molecule is Nc1cncc(-c2cc(Cl)c(Cl)cc2Cl)c1N. The second kappa shape index (κ2) is 4.61. The fraction of sp³-hybridized carbons (Fsp3) is 0. The highest BCUT2D eigenvalue weighted by molar-refractivity contribution is 6.44. The van der Waals surface area contributed by atoms with Crippen LogP contribution in [0.3, 0.4) is 0 Å². The lowest BCUT2D eigenvalue weighted by atomic mass is 10.1. The van der Waals surface area contributed by atoms with E-state index in [1.807, 2.05) is 0 Å². The Balaban J connectivity index is 2.69. The molecule has 0 bridgehead atoms. The zero-order valence-electron chi connectivity index (χ0n) is 8.55. The average molecular weight is 289 g/mol. The van der Waals surface area contributed by atoms with Crippen LogP contribution in [0, 0.1) is 0 Å². The van der Waals surface area contributed by atoms with Crippen molar-refractivity contribution in [3.63, 3.8) is 0 Å². The van der Waals surface area contributed by atoms with Crippen LogP contribution < -0.4 is 11.5 Å². The molecule has 3 nitrogen and oxygen atoms in total. The Bertz CT molecular complexity index is 584. The Kier molecular flexibility index (Phi) is 3.33. The summed E-state index contributed by atoms with van der Waals surface area (Å²) in [6.07, 6.45) is 3.06. The summed E-state index contributed by atoms with van der Waals surface area (Å²) < 4.78 is 0. The third kappa shape index (κ3) is 2.27. The molecule has 0 saturated carbocycles. The molecule has 1 heterocycles. The minimum Gasteiger partial charge on any atom is -0.396 e. The Morgan fingerprint density at radius 3 is 2.18 bits per heavy atom. The summed E-state index contributed by atoms with van der Waals surface area (Å²) in [6, 6.07) is 3.20. The first kappa shape index (κ1) is 12.3. The van der Waals surface area contributed by atoms with Gasteiger partial charge in [0, 0.05) is 17.3 Å². The first-order chi connectivity index (χ1) is 8.00. The molecule has 2 rings (SSSR count). The van der Waals surface area contributed by atoms with Crippen LogP contribution in [0.25, 0.3) is 11.1 Å². The van der Waals surface area contributed by atoms with E-state index in [1.165, 1.54) is 6.20 Å². The van der Waals surface area contributed by atoms with Crippen molar-refractivity contribution in [3.05, 3.63) is 39.6 Å². The molecule has 17 heavy (non-hydrogen) atoms. The summed E-state index contributed by atoms with van der Waals surface area (Å²) in [4.78, 5) is 3.97. The van der Waals surface area contributed by atoms with Gasteiger partial charge in [0.25, 0.3) is 0 Å². The average Bonchev–Trinajstić information content (AvgIpc) is 2.28. The van der Waals surface area contributed by atoms with Crippen molar-refractivity contribution >= 4 is 46.2 Å². The molecule has 88 valence electrons. The zero-order chi connectivity index (χ0) is 12.6. The number of hydrogen-bond acceptors (Lipinski definition) is 3. The van der Waals surface area contributed by atoms with Gasteiger partial charge in [-0.1, -0.05) is 34.8 Å². The second-order valence-corrected chi connectivity index (χ2v) is 4.66. The summed E-state index contributed by atoms with van der Waals surface area (Å²) in [5.41, 5.74) is 13.7. The van der Waals surface area contributed by atoms with Gasteiger partial charge >= 0.3 is 0 Å². The van der Waals surface area contributed by atoms with Gasteiger partial charge in [-0.05, 0) is 12.1 Å². The number of rotatable bonds is 1. The number of nitrogens with zero attached hydrogens (tertiary/aromatic N) is 1. The molecule has 2 aromatic rings. The number of nitrogens with two attached hydrogens (primary N) is 2. The molecule has 0 aliphatic carbocycles. The number of halogens is 3. The summed E-state index contributed by atoms with van der Waals surface area (Å²) in [5.74, 6) is 0. The number of nitrogen functional groups attached to an aromatic ring is 2. The number of pyridine rings is 1. The van der Waals surface area contributed by atoms with Crippen LogP contribution >= 0.6 is 34.8 Å². The highest BCUT2D eigenvalue weighted by Gasteiger charge is 2.12. The maximum Gasteiger partial charge on any atom is 0.0740 e. The van der Waals surface area contributed by atoms with Gasteiger partial charge in [0.1, 0.15) is 0 Å². The van der Waals surface area contributed by atoms with Crippen molar-refractivity contribution in [2.45, 2.75) is 0 Å². The third-order valence-electron chi connectivity index (χ3n) is 2.32. The Morgan fingerprint density at radius 2 is 1.47 bits per heavy atom. The molecule has 0 unspecified atom stereocenters. The number of aromatic nitrogens is 1. The summed E-state index contributed by atoms with van der Waals surface area (Å²) >= 11 is 17.9. The number of benzene rings is 1.